The standard InChI is InChI=1S/C23H20F3N3/c1-15-8-6-7-11-28(15)21-12-19(23(24,25)26)13-22(16(21)2)29-14-18-9-4-5-10-20(18)27-17(29)3/h4-14H,1-3H3/q+2. The van der Waals surface area contributed by atoms with Crippen LogP contribution in [0.4, 0.5) is 13.2 Å². The van der Waals surface area contributed by atoms with E-state index in [0.29, 0.717) is 17.2 Å². The molecule has 146 valence electrons. The minimum absolute atomic E-state index is 0.460. The lowest BCUT2D eigenvalue weighted by Gasteiger charge is -2.13. The minimum Gasteiger partial charge on any atom is -0.199 e. The summed E-state index contributed by atoms with van der Waals surface area (Å²) in [5.41, 5.74) is 2.65. The second-order valence-electron chi connectivity index (χ2n) is 7.07. The molecule has 4 aromatic rings. The molecule has 0 saturated carbocycles. The number of hydrogen-bond donors (Lipinski definition) is 0. The monoisotopic (exact) mass is 395 g/mol. The van der Waals surface area contributed by atoms with Gasteiger partial charge in [-0.1, -0.05) is 18.2 Å². The van der Waals surface area contributed by atoms with Crippen LogP contribution in [0.3, 0.4) is 0 Å². The molecule has 0 atom stereocenters. The second-order valence-corrected chi connectivity index (χ2v) is 7.07. The highest BCUT2D eigenvalue weighted by Gasteiger charge is 2.35. The summed E-state index contributed by atoms with van der Waals surface area (Å²) >= 11 is 0. The summed E-state index contributed by atoms with van der Waals surface area (Å²) in [6, 6.07) is 15.5. The number of fused-ring (bicyclic) bond motifs is 1. The summed E-state index contributed by atoms with van der Waals surface area (Å²) in [7, 11) is 0. The van der Waals surface area contributed by atoms with E-state index >= 15 is 0 Å². The Hall–Kier alpha value is -3.28. The smallest absolute Gasteiger partial charge is 0.199 e. The minimum atomic E-state index is -4.46. The van der Waals surface area contributed by atoms with Crippen molar-refractivity contribution >= 4 is 10.9 Å². The van der Waals surface area contributed by atoms with Crippen LogP contribution in [-0.4, -0.2) is 4.98 Å². The first-order valence-corrected chi connectivity index (χ1v) is 9.23. The zero-order chi connectivity index (χ0) is 20.8. The Bertz CT molecular complexity index is 1230. The van der Waals surface area contributed by atoms with E-state index in [0.717, 1.165) is 22.2 Å². The SMILES string of the molecule is Cc1c(-[n+]2ccccc2C)cc(C(F)(F)F)cc1-[n+]1cc2ccccc2nc1C. The number of aromatic nitrogens is 3. The zero-order valence-electron chi connectivity index (χ0n) is 16.3. The number of para-hydroxylation sites is 1. The van der Waals surface area contributed by atoms with Crippen molar-refractivity contribution in [3.8, 4) is 11.4 Å². The van der Waals surface area contributed by atoms with Gasteiger partial charge in [0.05, 0.1) is 16.5 Å². The summed E-state index contributed by atoms with van der Waals surface area (Å²) < 4.78 is 44.7. The molecular weight excluding hydrogens is 375 g/mol. The van der Waals surface area contributed by atoms with E-state index < -0.39 is 11.7 Å². The Balaban J connectivity index is 2.05. The summed E-state index contributed by atoms with van der Waals surface area (Å²) in [6.45, 7) is 5.51. The highest BCUT2D eigenvalue weighted by atomic mass is 19.4. The lowest BCUT2D eigenvalue weighted by atomic mass is 10.1. The largest absolute Gasteiger partial charge is 0.416 e. The van der Waals surface area contributed by atoms with Crippen molar-refractivity contribution < 1.29 is 22.3 Å². The highest BCUT2D eigenvalue weighted by molar-refractivity contribution is 5.76. The number of aryl methyl sites for hydroxylation is 2. The van der Waals surface area contributed by atoms with Gasteiger partial charge in [-0.2, -0.15) is 22.3 Å². The molecule has 6 heteroatoms. The first kappa shape index (κ1) is 19.1. The maximum atomic E-state index is 13.7. The van der Waals surface area contributed by atoms with Gasteiger partial charge in [-0.05, 0) is 30.1 Å². The van der Waals surface area contributed by atoms with Gasteiger partial charge in [-0.3, -0.25) is 0 Å². The Labute approximate surface area is 166 Å². The topological polar surface area (TPSA) is 20.6 Å². The van der Waals surface area contributed by atoms with Gasteiger partial charge in [0.15, 0.2) is 17.4 Å². The Kier molecular flexibility index (Phi) is 4.57. The third-order valence-electron chi connectivity index (χ3n) is 5.10. The molecule has 0 aliphatic rings. The molecule has 0 aliphatic carbocycles. The molecule has 0 amide bonds. The Morgan fingerprint density at radius 3 is 2.17 bits per heavy atom. The second kappa shape index (κ2) is 6.95. The predicted molar refractivity (Wildman–Crippen MR) is 104 cm³/mol. The molecule has 29 heavy (non-hydrogen) atoms. The van der Waals surface area contributed by atoms with Crippen LogP contribution in [0.2, 0.25) is 0 Å². The molecule has 0 unspecified atom stereocenters. The number of rotatable bonds is 2. The normalized spacial score (nSPS) is 11.8. The molecule has 2 aromatic carbocycles. The molecule has 0 radical (unpaired) electrons. The lowest BCUT2D eigenvalue weighted by molar-refractivity contribution is -0.613. The molecule has 0 saturated heterocycles. The van der Waals surface area contributed by atoms with E-state index in [1.807, 2.05) is 62.5 Å². The Morgan fingerprint density at radius 1 is 0.828 bits per heavy atom. The van der Waals surface area contributed by atoms with Crippen molar-refractivity contribution in [1.29, 1.82) is 0 Å². The highest BCUT2D eigenvalue weighted by Crippen LogP contribution is 2.32. The quantitative estimate of drug-likeness (QED) is 0.450. The van der Waals surface area contributed by atoms with E-state index in [4.69, 9.17) is 0 Å². The van der Waals surface area contributed by atoms with Gasteiger partial charge in [-0.15, -0.1) is 0 Å². The van der Waals surface area contributed by atoms with Gasteiger partial charge in [0, 0.05) is 32.0 Å². The number of halogens is 3. The first-order valence-electron chi connectivity index (χ1n) is 9.23. The third-order valence-corrected chi connectivity index (χ3v) is 5.10. The van der Waals surface area contributed by atoms with Crippen LogP contribution >= 0.6 is 0 Å². The average Bonchev–Trinajstić information content (AvgIpc) is 2.67. The third kappa shape index (κ3) is 3.46. The molecule has 0 N–H and O–H groups in total. The van der Waals surface area contributed by atoms with Crippen molar-refractivity contribution in [3.63, 3.8) is 0 Å². The van der Waals surface area contributed by atoms with Crippen LogP contribution < -0.4 is 9.13 Å². The molecule has 0 bridgehead atoms. The van der Waals surface area contributed by atoms with E-state index in [1.54, 1.807) is 22.3 Å². The maximum Gasteiger partial charge on any atom is 0.416 e. The number of nitrogens with zero attached hydrogens (tertiary/aromatic N) is 3. The van der Waals surface area contributed by atoms with E-state index in [2.05, 4.69) is 4.98 Å². The molecule has 0 aliphatic heterocycles. The molecule has 2 aromatic heterocycles. The molecule has 3 nitrogen and oxygen atoms in total. The number of benzene rings is 2. The molecule has 2 heterocycles. The van der Waals surface area contributed by atoms with Crippen LogP contribution in [0, 0.1) is 20.8 Å². The fourth-order valence-corrected chi connectivity index (χ4v) is 3.55. The van der Waals surface area contributed by atoms with E-state index in [-0.39, 0.29) is 0 Å². The summed E-state index contributed by atoms with van der Waals surface area (Å²) in [4.78, 5) is 4.58. The zero-order valence-corrected chi connectivity index (χ0v) is 16.3. The number of pyridine rings is 1. The fraction of sp³-hybridized carbons (Fsp3) is 0.174. The van der Waals surface area contributed by atoms with Crippen molar-refractivity contribution in [2.24, 2.45) is 0 Å². The number of hydrogen-bond acceptors (Lipinski definition) is 1. The van der Waals surface area contributed by atoms with E-state index in [9.17, 15) is 13.2 Å². The van der Waals surface area contributed by atoms with Gasteiger partial charge in [-0.25, -0.2) is 0 Å². The van der Waals surface area contributed by atoms with Crippen LogP contribution in [-0.2, 0) is 6.18 Å². The maximum absolute atomic E-state index is 13.7. The molecule has 0 spiro atoms. The van der Waals surface area contributed by atoms with E-state index in [1.165, 1.54) is 12.1 Å². The fourth-order valence-electron chi connectivity index (χ4n) is 3.55. The van der Waals surface area contributed by atoms with Gasteiger partial charge in [0.1, 0.15) is 11.9 Å². The van der Waals surface area contributed by atoms with Crippen molar-refractivity contribution in [2.75, 3.05) is 0 Å². The van der Waals surface area contributed by atoms with Crippen molar-refractivity contribution in [2.45, 2.75) is 26.9 Å². The van der Waals surface area contributed by atoms with Gasteiger partial charge < -0.3 is 0 Å². The van der Waals surface area contributed by atoms with Gasteiger partial charge in [0.25, 0.3) is 0 Å². The molecule has 4 rings (SSSR count). The van der Waals surface area contributed by atoms with Gasteiger partial charge >= 0.3 is 12.0 Å². The van der Waals surface area contributed by atoms with Crippen LogP contribution in [0.1, 0.15) is 22.6 Å². The van der Waals surface area contributed by atoms with Crippen molar-refractivity contribution in [3.05, 3.63) is 89.6 Å². The van der Waals surface area contributed by atoms with Gasteiger partial charge in [0.2, 0.25) is 5.69 Å². The lowest BCUT2D eigenvalue weighted by Crippen LogP contribution is -2.40. The average molecular weight is 395 g/mol. The summed E-state index contributed by atoms with van der Waals surface area (Å²) in [5.74, 6) is 0.617. The summed E-state index contributed by atoms with van der Waals surface area (Å²) in [6.07, 6.45) is -0.844. The molecular formula is C23H20F3N3+2. The molecule has 0 fully saturated rings. The first-order chi connectivity index (χ1) is 13.8. The van der Waals surface area contributed by atoms with Crippen molar-refractivity contribution in [1.82, 2.24) is 4.98 Å². The van der Waals surface area contributed by atoms with Crippen LogP contribution in [0.25, 0.3) is 22.3 Å². The number of alkyl halides is 3. The van der Waals surface area contributed by atoms with Crippen LogP contribution in [0.5, 0.6) is 0 Å². The van der Waals surface area contributed by atoms with Crippen LogP contribution in [0.15, 0.2) is 67.0 Å². The predicted octanol–water partition coefficient (Wildman–Crippen LogP) is 4.73. The summed E-state index contributed by atoms with van der Waals surface area (Å²) in [5, 5.41) is 0.861. The Morgan fingerprint density at radius 2 is 1.48 bits per heavy atom.